The fourth-order valence-corrected chi connectivity index (χ4v) is 1.85. The number of nitrogens with zero attached hydrogens (tertiary/aromatic N) is 1. The second kappa shape index (κ2) is 10.2. The lowest BCUT2D eigenvalue weighted by molar-refractivity contribution is -0.144. The number of carboxylic acids is 1. The number of hydrogen-bond acceptors (Lipinski definition) is 4. The Morgan fingerprint density at radius 2 is 2.05 bits per heavy atom. The standard InChI is InChI=1S/C14H30N2O3/c1-5-9-15-14(3,13(17)18)8-7-10-16(4)11-12-19-6-2/h15H,5-12H2,1-4H3,(H,17,18). The highest BCUT2D eigenvalue weighted by molar-refractivity contribution is 5.78. The maximum absolute atomic E-state index is 11.3. The van der Waals surface area contributed by atoms with Crippen LogP contribution in [0, 0.1) is 0 Å². The molecule has 0 aliphatic heterocycles. The molecule has 19 heavy (non-hydrogen) atoms. The van der Waals surface area contributed by atoms with Crippen molar-refractivity contribution in [1.82, 2.24) is 10.2 Å². The zero-order valence-electron chi connectivity index (χ0n) is 12.9. The van der Waals surface area contributed by atoms with E-state index < -0.39 is 11.5 Å². The van der Waals surface area contributed by atoms with Gasteiger partial charge in [-0.05, 0) is 53.2 Å². The largest absolute Gasteiger partial charge is 0.480 e. The molecular weight excluding hydrogens is 244 g/mol. The molecule has 0 rings (SSSR count). The predicted molar refractivity (Wildman–Crippen MR) is 77.6 cm³/mol. The first kappa shape index (κ1) is 18.4. The molecule has 0 saturated carbocycles. The van der Waals surface area contributed by atoms with Gasteiger partial charge < -0.3 is 20.1 Å². The van der Waals surface area contributed by atoms with Gasteiger partial charge in [0.2, 0.25) is 0 Å². The molecular formula is C14H30N2O3. The maximum Gasteiger partial charge on any atom is 0.323 e. The van der Waals surface area contributed by atoms with Gasteiger partial charge in [0, 0.05) is 13.2 Å². The average Bonchev–Trinajstić information content (AvgIpc) is 2.36. The Kier molecular flexibility index (Phi) is 9.83. The summed E-state index contributed by atoms with van der Waals surface area (Å²) in [6.45, 7) is 9.79. The molecule has 0 fully saturated rings. The Labute approximate surface area is 117 Å². The average molecular weight is 274 g/mol. The predicted octanol–water partition coefficient (Wildman–Crippen LogP) is 1.58. The molecule has 2 N–H and O–H groups in total. The second-order valence-corrected chi connectivity index (χ2v) is 5.17. The molecule has 0 aromatic carbocycles. The number of ether oxygens (including phenoxy) is 1. The van der Waals surface area contributed by atoms with E-state index in [9.17, 15) is 9.90 Å². The summed E-state index contributed by atoms with van der Waals surface area (Å²) in [6.07, 6.45) is 2.45. The fourth-order valence-electron chi connectivity index (χ4n) is 1.85. The Morgan fingerprint density at radius 3 is 2.58 bits per heavy atom. The Bertz CT molecular complexity index is 249. The van der Waals surface area contributed by atoms with Gasteiger partial charge in [-0.3, -0.25) is 4.79 Å². The van der Waals surface area contributed by atoms with Gasteiger partial charge >= 0.3 is 5.97 Å². The minimum Gasteiger partial charge on any atom is -0.480 e. The van der Waals surface area contributed by atoms with Crippen LogP contribution in [0.4, 0.5) is 0 Å². The molecule has 0 aromatic heterocycles. The van der Waals surface area contributed by atoms with Crippen LogP contribution in [0.3, 0.4) is 0 Å². The number of likely N-dealkylation sites (N-methyl/N-ethyl adjacent to an activating group) is 1. The molecule has 5 heteroatoms. The minimum absolute atomic E-state index is 0.640. The molecule has 0 spiro atoms. The van der Waals surface area contributed by atoms with Gasteiger partial charge in [0.25, 0.3) is 0 Å². The summed E-state index contributed by atoms with van der Waals surface area (Å²) in [5, 5.41) is 12.4. The second-order valence-electron chi connectivity index (χ2n) is 5.17. The summed E-state index contributed by atoms with van der Waals surface area (Å²) in [5.41, 5.74) is -0.809. The molecule has 0 heterocycles. The molecule has 0 aromatic rings. The lowest BCUT2D eigenvalue weighted by atomic mass is 9.95. The topological polar surface area (TPSA) is 61.8 Å². The van der Waals surface area contributed by atoms with Crippen molar-refractivity contribution in [2.75, 3.05) is 39.9 Å². The van der Waals surface area contributed by atoms with E-state index in [1.807, 2.05) is 20.9 Å². The van der Waals surface area contributed by atoms with Gasteiger partial charge in [-0.15, -0.1) is 0 Å². The number of hydrogen-bond donors (Lipinski definition) is 2. The van der Waals surface area contributed by atoms with E-state index in [1.165, 1.54) is 0 Å². The van der Waals surface area contributed by atoms with Crippen LogP contribution >= 0.6 is 0 Å². The monoisotopic (exact) mass is 274 g/mol. The SMILES string of the molecule is CCCNC(C)(CCCN(C)CCOCC)C(=O)O. The molecule has 1 unspecified atom stereocenters. The van der Waals surface area contributed by atoms with Crippen molar-refractivity contribution in [1.29, 1.82) is 0 Å². The van der Waals surface area contributed by atoms with Crippen molar-refractivity contribution in [3.05, 3.63) is 0 Å². The molecule has 0 bridgehead atoms. The molecule has 114 valence electrons. The lowest BCUT2D eigenvalue weighted by Crippen LogP contribution is -2.50. The highest BCUT2D eigenvalue weighted by Crippen LogP contribution is 2.13. The first-order chi connectivity index (χ1) is 8.96. The minimum atomic E-state index is -0.809. The zero-order chi connectivity index (χ0) is 14.7. The number of nitrogens with one attached hydrogen (secondary N) is 1. The molecule has 0 aliphatic rings. The van der Waals surface area contributed by atoms with Crippen molar-refractivity contribution in [3.63, 3.8) is 0 Å². The molecule has 1 atom stereocenters. The van der Waals surface area contributed by atoms with Crippen LogP contribution in [0.2, 0.25) is 0 Å². The van der Waals surface area contributed by atoms with E-state index in [4.69, 9.17) is 4.74 Å². The third-order valence-electron chi connectivity index (χ3n) is 3.28. The molecule has 0 saturated heterocycles. The van der Waals surface area contributed by atoms with Crippen LogP contribution < -0.4 is 5.32 Å². The summed E-state index contributed by atoms with van der Waals surface area (Å²) >= 11 is 0. The van der Waals surface area contributed by atoms with E-state index in [-0.39, 0.29) is 0 Å². The van der Waals surface area contributed by atoms with Gasteiger partial charge in [0.1, 0.15) is 5.54 Å². The maximum atomic E-state index is 11.3. The number of carbonyl (C=O) groups is 1. The van der Waals surface area contributed by atoms with Crippen molar-refractivity contribution in [2.24, 2.45) is 0 Å². The van der Waals surface area contributed by atoms with Gasteiger partial charge in [-0.2, -0.15) is 0 Å². The summed E-state index contributed by atoms with van der Waals surface area (Å²) in [7, 11) is 2.04. The molecule has 5 nitrogen and oxygen atoms in total. The third kappa shape index (κ3) is 8.18. The molecule has 0 amide bonds. The lowest BCUT2D eigenvalue weighted by Gasteiger charge is -2.27. The Balaban J connectivity index is 3.95. The quantitative estimate of drug-likeness (QED) is 0.529. The van der Waals surface area contributed by atoms with Crippen LogP contribution in [0.5, 0.6) is 0 Å². The number of rotatable bonds is 12. The summed E-state index contributed by atoms with van der Waals surface area (Å²) in [5.74, 6) is -0.766. The van der Waals surface area contributed by atoms with Gasteiger partial charge in [0.15, 0.2) is 0 Å². The van der Waals surface area contributed by atoms with E-state index in [0.29, 0.717) is 6.42 Å². The normalized spacial score (nSPS) is 14.6. The molecule has 0 aliphatic carbocycles. The van der Waals surface area contributed by atoms with E-state index in [2.05, 4.69) is 10.2 Å². The van der Waals surface area contributed by atoms with Crippen LogP contribution in [0.15, 0.2) is 0 Å². The number of carboxylic acid groups (broad SMARTS) is 1. The fraction of sp³-hybridized carbons (Fsp3) is 0.929. The molecule has 0 radical (unpaired) electrons. The van der Waals surface area contributed by atoms with E-state index >= 15 is 0 Å². The van der Waals surface area contributed by atoms with Crippen LogP contribution in [-0.2, 0) is 9.53 Å². The van der Waals surface area contributed by atoms with Crippen LogP contribution in [-0.4, -0.2) is 61.4 Å². The van der Waals surface area contributed by atoms with Crippen molar-refractivity contribution >= 4 is 5.97 Å². The van der Waals surface area contributed by atoms with Crippen molar-refractivity contribution in [2.45, 2.75) is 45.6 Å². The Morgan fingerprint density at radius 1 is 1.37 bits per heavy atom. The van der Waals surface area contributed by atoms with Gasteiger partial charge in [0.05, 0.1) is 6.61 Å². The first-order valence-electron chi connectivity index (χ1n) is 7.21. The zero-order valence-corrected chi connectivity index (χ0v) is 12.9. The van der Waals surface area contributed by atoms with Crippen LogP contribution in [0.25, 0.3) is 0 Å². The van der Waals surface area contributed by atoms with Gasteiger partial charge in [-0.1, -0.05) is 6.92 Å². The number of aliphatic carboxylic acids is 1. The van der Waals surface area contributed by atoms with Crippen molar-refractivity contribution < 1.29 is 14.6 Å². The van der Waals surface area contributed by atoms with E-state index in [0.717, 1.165) is 45.7 Å². The van der Waals surface area contributed by atoms with E-state index in [1.54, 1.807) is 6.92 Å². The van der Waals surface area contributed by atoms with Crippen LogP contribution in [0.1, 0.15) is 40.0 Å². The third-order valence-corrected chi connectivity index (χ3v) is 3.28. The highest BCUT2D eigenvalue weighted by atomic mass is 16.5. The highest BCUT2D eigenvalue weighted by Gasteiger charge is 2.31. The summed E-state index contributed by atoms with van der Waals surface area (Å²) < 4.78 is 5.29. The van der Waals surface area contributed by atoms with Gasteiger partial charge in [-0.25, -0.2) is 0 Å². The summed E-state index contributed by atoms with van der Waals surface area (Å²) in [4.78, 5) is 13.5. The smallest absolute Gasteiger partial charge is 0.323 e. The first-order valence-corrected chi connectivity index (χ1v) is 7.21. The Hall–Kier alpha value is -0.650. The summed E-state index contributed by atoms with van der Waals surface area (Å²) in [6, 6.07) is 0. The van der Waals surface area contributed by atoms with Crippen molar-refractivity contribution in [3.8, 4) is 0 Å².